The molecule has 0 aliphatic carbocycles. The van der Waals surface area contributed by atoms with Gasteiger partial charge in [-0.1, -0.05) is 11.3 Å². The van der Waals surface area contributed by atoms with E-state index >= 15 is 0 Å². The highest BCUT2D eigenvalue weighted by Gasteiger charge is 2.30. The molecule has 0 saturated carbocycles. The van der Waals surface area contributed by atoms with Crippen molar-refractivity contribution in [3.63, 3.8) is 0 Å². The third-order valence-electron chi connectivity index (χ3n) is 4.87. The van der Waals surface area contributed by atoms with Crippen LogP contribution in [0.25, 0.3) is 15.5 Å². The van der Waals surface area contributed by atoms with E-state index in [4.69, 9.17) is 14.6 Å². The smallest absolute Gasteiger partial charge is 0.234 e. The fraction of sp³-hybridized carbons (Fsp3) is 0.471. The van der Waals surface area contributed by atoms with Gasteiger partial charge in [0, 0.05) is 25.1 Å². The molecule has 0 unspecified atom stereocenters. The number of ether oxygens (including phenoxy) is 2. The minimum absolute atomic E-state index is 0.0359. The van der Waals surface area contributed by atoms with E-state index in [1.807, 2.05) is 18.2 Å². The predicted molar refractivity (Wildman–Crippen MR) is 106 cm³/mol. The summed E-state index contributed by atoms with van der Waals surface area (Å²) in [5, 5.41) is 14.0. The number of sulfonamides is 1. The summed E-state index contributed by atoms with van der Waals surface area (Å²) in [5.74, 6) is 2.02. The molecule has 9 nitrogen and oxygen atoms in total. The van der Waals surface area contributed by atoms with Crippen LogP contribution in [0.1, 0.15) is 24.6 Å². The zero-order valence-electron chi connectivity index (χ0n) is 15.8. The van der Waals surface area contributed by atoms with E-state index in [1.165, 1.54) is 21.9 Å². The topological polar surface area (TPSA) is 98.9 Å². The molecule has 11 heteroatoms. The van der Waals surface area contributed by atoms with Crippen LogP contribution in [-0.4, -0.2) is 66.1 Å². The van der Waals surface area contributed by atoms with Gasteiger partial charge in [-0.25, -0.2) is 12.7 Å². The Bertz CT molecular complexity index is 1110. The number of piperidine rings is 1. The third-order valence-corrected chi connectivity index (χ3v) is 7.07. The molecule has 2 aromatic heterocycles. The second-order valence-corrected chi connectivity index (χ2v) is 9.62. The molecule has 0 bridgehead atoms. The van der Waals surface area contributed by atoms with Crippen molar-refractivity contribution >= 4 is 26.3 Å². The molecule has 150 valence electrons. The van der Waals surface area contributed by atoms with Crippen LogP contribution in [0.2, 0.25) is 0 Å². The van der Waals surface area contributed by atoms with Gasteiger partial charge in [-0.15, -0.1) is 10.2 Å². The average Bonchev–Trinajstić information content (AvgIpc) is 3.27. The molecule has 4 rings (SSSR count). The molecule has 3 heterocycles. The lowest BCUT2D eigenvalue weighted by Crippen LogP contribution is -2.38. The Balaban J connectivity index is 1.70. The van der Waals surface area contributed by atoms with Crippen LogP contribution in [0.15, 0.2) is 18.2 Å². The van der Waals surface area contributed by atoms with Gasteiger partial charge in [-0.2, -0.15) is 9.61 Å². The molecule has 1 saturated heterocycles. The van der Waals surface area contributed by atoms with Gasteiger partial charge in [-0.05, 0) is 25.0 Å². The summed E-state index contributed by atoms with van der Waals surface area (Å²) in [6.07, 6.45) is 2.88. The number of hydrogen-bond donors (Lipinski definition) is 0. The zero-order valence-corrected chi connectivity index (χ0v) is 17.5. The van der Waals surface area contributed by atoms with Crippen LogP contribution in [0.5, 0.6) is 11.5 Å². The van der Waals surface area contributed by atoms with Crippen LogP contribution in [-0.2, 0) is 10.0 Å². The minimum Gasteiger partial charge on any atom is -0.497 e. The molecular weight excluding hydrogens is 402 g/mol. The van der Waals surface area contributed by atoms with Crippen LogP contribution in [0, 0.1) is 0 Å². The van der Waals surface area contributed by atoms with E-state index in [-0.39, 0.29) is 5.92 Å². The quantitative estimate of drug-likeness (QED) is 0.619. The van der Waals surface area contributed by atoms with Crippen LogP contribution < -0.4 is 9.47 Å². The summed E-state index contributed by atoms with van der Waals surface area (Å²) in [6.45, 7) is 0.945. The van der Waals surface area contributed by atoms with Crippen molar-refractivity contribution in [2.75, 3.05) is 33.6 Å². The summed E-state index contributed by atoms with van der Waals surface area (Å²) < 4.78 is 37.8. The average molecular weight is 424 g/mol. The monoisotopic (exact) mass is 423 g/mol. The van der Waals surface area contributed by atoms with Crippen molar-refractivity contribution in [2.45, 2.75) is 18.8 Å². The normalized spacial score (nSPS) is 18.5. The fourth-order valence-corrected chi connectivity index (χ4v) is 5.21. The van der Waals surface area contributed by atoms with Crippen molar-refractivity contribution < 1.29 is 17.9 Å². The molecular formula is C17H21N5O4S2. The Hall–Kier alpha value is -2.24. The van der Waals surface area contributed by atoms with Gasteiger partial charge in [0.05, 0.1) is 26.0 Å². The van der Waals surface area contributed by atoms with E-state index in [0.717, 1.165) is 23.4 Å². The maximum absolute atomic E-state index is 11.9. The number of rotatable bonds is 5. The molecule has 1 aliphatic rings. The first-order valence-corrected chi connectivity index (χ1v) is 11.5. The second kappa shape index (κ2) is 7.30. The van der Waals surface area contributed by atoms with E-state index in [2.05, 4.69) is 10.2 Å². The van der Waals surface area contributed by atoms with Crippen LogP contribution in [0.4, 0.5) is 0 Å². The molecule has 28 heavy (non-hydrogen) atoms. The highest BCUT2D eigenvalue weighted by molar-refractivity contribution is 7.88. The van der Waals surface area contributed by atoms with Gasteiger partial charge in [0.25, 0.3) is 0 Å². The molecule has 1 fully saturated rings. The van der Waals surface area contributed by atoms with Gasteiger partial charge < -0.3 is 9.47 Å². The lowest BCUT2D eigenvalue weighted by molar-refractivity contribution is 0.309. The maximum atomic E-state index is 11.9. The van der Waals surface area contributed by atoms with E-state index in [0.29, 0.717) is 35.4 Å². The summed E-state index contributed by atoms with van der Waals surface area (Å²) in [6, 6.07) is 5.56. The van der Waals surface area contributed by atoms with Crippen molar-refractivity contribution in [3.8, 4) is 22.1 Å². The molecule has 1 aliphatic heterocycles. The SMILES string of the molecule is COc1ccc(-c2nn3c([C@H]4CCCN(S(C)(=O)=O)C4)nnc3s2)c(OC)c1. The Labute approximate surface area is 167 Å². The highest BCUT2D eigenvalue weighted by Crippen LogP contribution is 2.36. The summed E-state index contributed by atoms with van der Waals surface area (Å²) in [7, 11) is -0.0189. The van der Waals surface area contributed by atoms with Crippen LogP contribution in [0.3, 0.4) is 0 Å². The van der Waals surface area contributed by atoms with Crippen LogP contribution >= 0.6 is 11.3 Å². The standard InChI is InChI=1S/C17H21N5O4S2/c1-25-12-6-7-13(14(9-12)26-2)16-20-22-15(18-19-17(22)27-16)11-5-4-8-21(10-11)28(3,23)24/h6-7,9,11H,4-5,8,10H2,1-3H3/t11-/m0/s1. The molecule has 0 N–H and O–H groups in total. The first kappa shape index (κ1) is 19.1. The van der Waals surface area contributed by atoms with E-state index < -0.39 is 10.0 Å². The highest BCUT2D eigenvalue weighted by atomic mass is 32.2. The van der Waals surface area contributed by atoms with Gasteiger partial charge in [0.15, 0.2) is 10.8 Å². The van der Waals surface area contributed by atoms with Gasteiger partial charge in [0.1, 0.15) is 11.5 Å². The molecule has 1 atom stereocenters. The molecule has 0 radical (unpaired) electrons. The largest absolute Gasteiger partial charge is 0.497 e. The maximum Gasteiger partial charge on any atom is 0.234 e. The number of benzene rings is 1. The van der Waals surface area contributed by atoms with Gasteiger partial charge in [-0.3, -0.25) is 0 Å². The van der Waals surface area contributed by atoms with Gasteiger partial charge >= 0.3 is 0 Å². The molecule has 0 spiro atoms. The van der Waals surface area contributed by atoms with E-state index in [9.17, 15) is 8.42 Å². The third kappa shape index (κ3) is 3.45. The second-order valence-electron chi connectivity index (χ2n) is 6.69. The van der Waals surface area contributed by atoms with Gasteiger partial charge in [0.2, 0.25) is 15.0 Å². The molecule has 1 aromatic carbocycles. The number of aromatic nitrogens is 4. The lowest BCUT2D eigenvalue weighted by Gasteiger charge is -2.29. The summed E-state index contributed by atoms with van der Waals surface area (Å²) in [5.41, 5.74) is 0.839. The Morgan fingerprint density at radius 1 is 1.21 bits per heavy atom. The lowest BCUT2D eigenvalue weighted by atomic mass is 9.99. The predicted octanol–water partition coefficient (Wildman–Crippen LogP) is 2.01. The first-order valence-electron chi connectivity index (χ1n) is 8.80. The Morgan fingerprint density at radius 3 is 2.75 bits per heavy atom. The van der Waals surface area contributed by atoms with Crippen molar-refractivity contribution in [3.05, 3.63) is 24.0 Å². The van der Waals surface area contributed by atoms with Crippen molar-refractivity contribution in [1.29, 1.82) is 0 Å². The van der Waals surface area contributed by atoms with Crippen molar-refractivity contribution in [1.82, 2.24) is 24.1 Å². The summed E-state index contributed by atoms with van der Waals surface area (Å²) >= 11 is 1.41. The van der Waals surface area contributed by atoms with E-state index in [1.54, 1.807) is 18.7 Å². The number of fused-ring (bicyclic) bond motifs is 1. The summed E-state index contributed by atoms with van der Waals surface area (Å²) in [4.78, 5) is 0.666. The first-order chi connectivity index (χ1) is 13.4. The fourth-order valence-electron chi connectivity index (χ4n) is 3.43. The van der Waals surface area contributed by atoms with Crippen molar-refractivity contribution in [2.24, 2.45) is 0 Å². The molecule has 0 amide bonds. The Morgan fingerprint density at radius 2 is 2.04 bits per heavy atom. The number of hydrogen-bond acceptors (Lipinski definition) is 8. The number of nitrogens with zero attached hydrogens (tertiary/aromatic N) is 5. The Kier molecular flexibility index (Phi) is 4.98. The minimum atomic E-state index is -3.23. The zero-order chi connectivity index (χ0) is 19.9. The molecule has 3 aromatic rings. The number of methoxy groups -OCH3 is 2.